The number of rotatable bonds is 5. The molecule has 0 N–H and O–H groups in total. The minimum atomic E-state index is 0.417. The van der Waals surface area contributed by atoms with Crippen LogP contribution in [0.1, 0.15) is 23.5 Å². The molecule has 116 valence electrons. The van der Waals surface area contributed by atoms with Gasteiger partial charge in [-0.05, 0) is 32.1 Å². The largest absolute Gasteiger partial charge is 0.493 e. The van der Waals surface area contributed by atoms with E-state index in [2.05, 4.69) is 47.4 Å². The minimum Gasteiger partial charge on any atom is -0.493 e. The van der Waals surface area contributed by atoms with Gasteiger partial charge in [0.15, 0.2) is 0 Å². The van der Waals surface area contributed by atoms with Crippen LogP contribution in [0.15, 0.2) is 48.5 Å². The van der Waals surface area contributed by atoms with Crippen molar-refractivity contribution >= 4 is 0 Å². The lowest BCUT2D eigenvalue weighted by Gasteiger charge is -2.26. The molecule has 3 heteroatoms. The van der Waals surface area contributed by atoms with Crippen molar-refractivity contribution in [3.05, 3.63) is 59.7 Å². The molecule has 0 aliphatic carbocycles. The lowest BCUT2D eigenvalue weighted by Crippen LogP contribution is -2.19. The fourth-order valence-electron chi connectivity index (χ4n) is 2.84. The summed E-state index contributed by atoms with van der Waals surface area (Å²) in [6, 6.07) is 16.9. The van der Waals surface area contributed by atoms with E-state index in [1.165, 1.54) is 11.1 Å². The van der Waals surface area contributed by atoms with Gasteiger partial charge in [0, 0.05) is 24.1 Å². The van der Waals surface area contributed by atoms with E-state index in [0.717, 1.165) is 31.1 Å². The van der Waals surface area contributed by atoms with Gasteiger partial charge in [0.05, 0.1) is 6.61 Å². The Morgan fingerprint density at radius 3 is 2.73 bits per heavy atom. The molecule has 22 heavy (non-hydrogen) atoms. The molecule has 0 saturated heterocycles. The molecule has 0 saturated carbocycles. The van der Waals surface area contributed by atoms with Crippen molar-refractivity contribution in [3.63, 3.8) is 0 Å². The SMILES string of the molecule is CN(C)CCOc1ccc2c(c1)OCCC2c1ccccc1. The minimum absolute atomic E-state index is 0.417. The van der Waals surface area contributed by atoms with E-state index in [1.807, 2.05) is 20.2 Å². The molecule has 2 aromatic rings. The zero-order valence-electron chi connectivity index (χ0n) is 13.3. The van der Waals surface area contributed by atoms with E-state index in [4.69, 9.17) is 9.47 Å². The van der Waals surface area contributed by atoms with Gasteiger partial charge in [-0.3, -0.25) is 0 Å². The molecule has 3 rings (SSSR count). The first-order valence-corrected chi connectivity index (χ1v) is 7.83. The average molecular weight is 297 g/mol. The van der Waals surface area contributed by atoms with Gasteiger partial charge in [0.2, 0.25) is 0 Å². The van der Waals surface area contributed by atoms with Crippen molar-refractivity contribution in [1.82, 2.24) is 4.90 Å². The molecular formula is C19H23NO2. The molecule has 0 aromatic heterocycles. The van der Waals surface area contributed by atoms with Crippen LogP contribution in [0.4, 0.5) is 0 Å². The summed E-state index contributed by atoms with van der Waals surface area (Å²) in [6.45, 7) is 2.35. The van der Waals surface area contributed by atoms with Crippen LogP contribution in [-0.2, 0) is 0 Å². The number of fused-ring (bicyclic) bond motifs is 1. The summed E-state index contributed by atoms with van der Waals surface area (Å²) in [5.74, 6) is 2.26. The summed E-state index contributed by atoms with van der Waals surface area (Å²) in [5, 5.41) is 0. The highest BCUT2D eigenvalue weighted by Gasteiger charge is 2.23. The standard InChI is InChI=1S/C19H23NO2/c1-20(2)11-13-21-16-8-9-18-17(10-12-22-19(18)14-16)15-6-4-3-5-7-15/h3-9,14,17H,10-13H2,1-2H3. The van der Waals surface area contributed by atoms with Crippen LogP contribution in [0.5, 0.6) is 11.5 Å². The van der Waals surface area contributed by atoms with Gasteiger partial charge in [0.25, 0.3) is 0 Å². The first-order valence-electron chi connectivity index (χ1n) is 7.83. The number of hydrogen-bond donors (Lipinski definition) is 0. The Bertz CT molecular complexity index is 610. The van der Waals surface area contributed by atoms with Crippen LogP contribution in [0.3, 0.4) is 0 Å². The van der Waals surface area contributed by atoms with E-state index in [0.29, 0.717) is 12.5 Å². The van der Waals surface area contributed by atoms with E-state index in [9.17, 15) is 0 Å². The highest BCUT2D eigenvalue weighted by Crippen LogP contribution is 2.39. The summed E-state index contributed by atoms with van der Waals surface area (Å²) < 4.78 is 11.7. The summed E-state index contributed by atoms with van der Waals surface area (Å²) in [7, 11) is 4.09. The van der Waals surface area contributed by atoms with Gasteiger partial charge in [-0.15, -0.1) is 0 Å². The first-order chi connectivity index (χ1) is 10.7. The highest BCUT2D eigenvalue weighted by molar-refractivity contribution is 5.47. The quantitative estimate of drug-likeness (QED) is 0.842. The van der Waals surface area contributed by atoms with Crippen LogP contribution in [0.25, 0.3) is 0 Å². The lowest BCUT2D eigenvalue weighted by atomic mass is 9.87. The third kappa shape index (κ3) is 3.42. The summed E-state index contributed by atoms with van der Waals surface area (Å²) in [6.07, 6.45) is 1.03. The van der Waals surface area contributed by atoms with Crippen LogP contribution in [0, 0.1) is 0 Å². The molecule has 0 spiro atoms. The van der Waals surface area contributed by atoms with Gasteiger partial charge in [-0.2, -0.15) is 0 Å². The van der Waals surface area contributed by atoms with Crippen molar-refractivity contribution in [2.75, 3.05) is 33.9 Å². The predicted octanol–water partition coefficient (Wildman–Crippen LogP) is 3.54. The maximum absolute atomic E-state index is 5.85. The monoisotopic (exact) mass is 297 g/mol. The normalized spacial score (nSPS) is 17.0. The molecule has 1 atom stereocenters. The second kappa shape index (κ2) is 6.84. The number of hydrogen-bond acceptors (Lipinski definition) is 3. The maximum Gasteiger partial charge on any atom is 0.126 e. The summed E-state index contributed by atoms with van der Waals surface area (Å²) >= 11 is 0. The molecule has 1 aliphatic rings. The smallest absolute Gasteiger partial charge is 0.126 e. The predicted molar refractivity (Wildman–Crippen MR) is 88.9 cm³/mol. The van der Waals surface area contributed by atoms with E-state index < -0.39 is 0 Å². The molecule has 1 heterocycles. The Balaban J connectivity index is 1.78. The Labute approximate surface area is 132 Å². The molecule has 0 radical (unpaired) electrons. The van der Waals surface area contributed by atoms with Gasteiger partial charge in [0.1, 0.15) is 18.1 Å². The zero-order valence-corrected chi connectivity index (χ0v) is 13.3. The Hall–Kier alpha value is -2.00. The number of benzene rings is 2. The fourth-order valence-corrected chi connectivity index (χ4v) is 2.84. The highest BCUT2D eigenvalue weighted by atomic mass is 16.5. The Kier molecular flexibility index (Phi) is 4.64. The van der Waals surface area contributed by atoms with E-state index in [-0.39, 0.29) is 0 Å². The third-order valence-electron chi connectivity index (χ3n) is 4.03. The van der Waals surface area contributed by atoms with Gasteiger partial charge in [-0.1, -0.05) is 36.4 Å². The van der Waals surface area contributed by atoms with Gasteiger partial charge < -0.3 is 14.4 Å². The molecule has 2 aromatic carbocycles. The lowest BCUT2D eigenvalue weighted by molar-refractivity contribution is 0.253. The molecule has 0 bridgehead atoms. The summed E-state index contributed by atoms with van der Waals surface area (Å²) in [5.41, 5.74) is 2.62. The summed E-state index contributed by atoms with van der Waals surface area (Å²) in [4.78, 5) is 2.11. The number of nitrogens with zero attached hydrogens (tertiary/aromatic N) is 1. The first kappa shape index (κ1) is 14.9. The van der Waals surface area contributed by atoms with Gasteiger partial charge in [-0.25, -0.2) is 0 Å². The van der Waals surface area contributed by atoms with Crippen molar-refractivity contribution in [2.24, 2.45) is 0 Å². The number of likely N-dealkylation sites (N-methyl/N-ethyl adjacent to an activating group) is 1. The van der Waals surface area contributed by atoms with E-state index >= 15 is 0 Å². The van der Waals surface area contributed by atoms with Crippen molar-refractivity contribution in [3.8, 4) is 11.5 Å². The third-order valence-corrected chi connectivity index (χ3v) is 4.03. The molecule has 0 fully saturated rings. The molecular weight excluding hydrogens is 274 g/mol. The van der Waals surface area contributed by atoms with Crippen molar-refractivity contribution < 1.29 is 9.47 Å². The van der Waals surface area contributed by atoms with E-state index in [1.54, 1.807) is 0 Å². The van der Waals surface area contributed by atoms with Crippen molar-refractivity contribution in [1.29, 1.82) is 0 Å². The molecule has 1 aliphatic heterocycles. The Morgan fingerprint density at radius 2 is 1.95 bits per heavy atom. The van der Waals surface area contributed by atoms with Gasteiger partial charge >= 0.3 is 0 Å². The number of ether oxygens (including phenoxy) is 2. The topological polar surface area (TPSA) is 21.7 Å². The Morgan fingerprint density at radius 1 is 1.14 bits per heavy atom. The molecule has 3 nitrogen and oxygen atoms in total. The van der Waals surface area contributed by atoms with Crippen LogP contribution in [-0.4, -0.2) is 38.8 Å². The van der Waals surface area contributed by atoms with Crippen LogP contribution in [0.2, 0.25) is 0 Å². The second-order valence-corrected chi connectivity index (χ2v) is 5.95. The van der Waals surface area contributed by atoms with Crippen LogP contribution >= 0.6 is 0 Å². The average Bonchev–Trinajstić information content (AvgIpc) is 2.54. The zero-order chi connectivity index (χ0) is 15.4. The van der Waals surface area contributed by atoms with Crippen LogP contribution < -0.4 is 9.47 Å². The fraction of sp³-hybridized carbons (Fsp3) is 0.368. The second-order valence-electron chi connectivity index (χ2n) is 5.95. The molecule has 0 amide bonds. The molecule has 1 unspecified atom stereocenters. The van der Waals surface area contributed by atoms with Crippen molar-refractivity contribution in [2.45, 2.75) is 12.3 Å². The maximum atomic E-state index is 5.85.